The van der Waals surface area contributed by atoms with Crippen LogP contribution in [0.5, 0.6) is 0 Å². The summed E-state index contributed by atoms with van der Waals surface area (Å²) in [5.41, 5.74) is 4.35. The largest absolute Gasteiger partial charge is 0.462 e. The number of halogens is 3. The van der Waals surface area contributed by atoms with E-state index in [-0.39, 0.29) is 23.8 Å². The van der Waals surface area contributed by atoms with E-state index in [9.17, 15) is 18.0 Å². The lowest BCUT2D eigenvalue weighted by Gasteiger charge is -2.13. The minimum absolute atomic E-state index is 0.0221. The van der Waals surface area contributed by atoms with Crippen LogP contribution in [0.2, 0.25) is 0 Å². The van der Waals surface area contributed by atoms with Gasteiger partial charge in [0.1, 0.15) is 0 Å². The van der Waals surface area contributed by atoms with Crippen molar-refractivity contribution in [3.8, 4) is 0 Å². The second-order valence-corrected chi connectivity index (χ2v) is 4.79. The zero-order valence-electron chi connectivity index (χ0n) is 11.5. The molecule has 0 saturated carbocycles. The second-order valence-electron chi connectivity index (χ2n) is 4.79. The molecule has 0 saturated heterocycles. The molecule has 112 valence electrons. The first-order valence-electron chi connectivity index (χ1n) is 6.39. The third-order valence-corrected chi connectivity index (χ3v) is 2.88. The first kappa shape index (κ1) is 16.3. The normalized spacial score (nSPS) is 13.1. The molecule has 0 aromatic heterocycles. The fraction of sp³-hybridized carbons (Fsp3) is 0.500. The molecule has 0 aliphatic heterocycles. The van der Waals surface area contributed by atoms with E-state index in [2.05, 4.69) is 0 Å². The summed E-state index contributed by atoms with van der Waals surface area (Å²) >= 11 is 0. The number of hydrogen-bond acceptors (Lipinski definition) is 3. The topological polar surface area (TPSA) is 52.3 Å². The van der Waals surface area contributed by atoms with Crippen molar-refractivity contribution in [3.63, 3.8) is 0 Å². The zero-order valence-corrected chi connectivity index (χ0v) is 11.5. The Balaban J connectivity index is 2.82. The highest BCUT2D eigenvalue weighted by Gasteiger charge is 2.31. The first-order chi connectivity index (χ1) is 9.25. The molecule has 3 nitrogen and oxygen atoms in total. The van der Waals surface area contributed by atoms with E-state index in [4.69, 9.17) is 10.5 Å². The van der Waals surface area contributed by atoms with Gasteiger partial charge in [-0.3, -0.25) is 0 Å². The minimum Gasteiger partial charge on any atom is -0.462 e. The summed E-state index contributed by atoms with van der Waals surface area (Å²) < 4.78 is 42.8. The molecule has 0 spiro atoms. The van der Waals surface area contributed by atoms with Gasteiger partial charge in [-0.15, -0.1) is 0 Å². The minimum atomic E-state index is -4.52. The van der Waals surface area contributed by atoms with Gasteiger partial charge in [0, 0.05) is 5.69 Å². The van der Waals surface area contributed by atoms with Crippen LogP contribution in [-0.4, -0.2) is 12.6 Å². The second kappa shape index (κ2) is 6.63. The summed E-state index contributed by atoms with van der Waals surface area (Å²) in [5, 5.41) is 0. The third-order valence-electron chi connectivity index (χ3n) is 2.88. The van der Waals surface area contributed by atoms with Crippen molar-refractivity contribution in [2.24, 2.45) is 5.92 Å². The summed E-state index contributed by atoms with van der Waals surface area (Å²) in [6.45, 7) is 4.08. The van der Waals surface area contributed by atoms with E-state index in [0.29, 0.717) is 0 Å². The van der Waals surface area contributed by atoms with E-state index in [1.807, 2.05) is 13.8 Å². The van der Waals surface area contributed by atoms with Crippen LogP contribution in [-0.2, 0) is 10.9 Å². The average Bonchev–Trinajstić information content (AvgIpc) is 2.35. The molecule has 1 unspecified atom stereocenters. The molecule has 1 aromatic rings. The number of nitrogen functional groups attached to an aromatic ring is 1. The van der Waals surface area contributed by atoms with Crippen LogP contribution in [0.3, 0.4) is 0 Å². The van der Waals surface area contributed by atoms with Gasteiger partial charge < -0.3 is 10.5 Å². The van der Waals surface area contributed by atoms with Crippen molar-refractivity contribution in [2.75, 3.05) is 12.3 Å². The number of hydrogen-bond donors (Lipinski definition) is 1. The van der Waals surface area contributed by atoms with Crippen molar-refractivity contribution >= 4 is 11.7 Å². The zero-order chi connectivity index (χ0) is 15.3. The van der Waals surface area contributed by atoms with Crippen molar-refractivity contribution < 1.29 is 22.7 Å². The summed E-state index contributed by atoms with van der Waals surface area (Å²) in [6.07, 6.45) is -2.69. The predicted octanol–water partition coefficient (Wildman–Crippen LogP) is 3.88. The van der Waals surface area contributed by atoms with Crippen LogP contribution in [0.4, 0.5) is 18.9 Å². The first-order valence-corrected chi connectivity index (χ1v) is 6.39. The highest BCUT2D eigenvalue weighted by molar-refractivity contribution is 5.95. The summed E-state index contributed by atoms with van der Waals surface area (Å²) in [7, 11) is 0. The molecule has 1 aromatic carbocycles. The molecule has 2 N–H and O–H groups in total. The average molecular weight is 289 g/mol. The Kier molecular flexibility index (Phi) is 5.42. The van der Waals surface area contributed by atoms with E-state index in [1.54, 1.807) is 0 Å². The van der Waals surface area contributed by atoms with Crippen LogP contribution < -0.4 is 5.73 Å². The lowest BCUT2D eigenvalue weighted by Crippen LogP contribution is -2.15. The van der Waals surface area contributed by atoms with Crippen molar-refractivity contribution in [2.45, 2.75) is 32.9 Å². The molecule has 0 bridgehead atoms. The Morgan fingerprint density at radius 1 is 1.40 bits per heavy atom. The lowest BCUT2D eigenvalue weighted by atomic mass is 10.1. The number of nitrogens with two attached hydrogens (primary N) is 1. The molecule has 6 heteroatoms. The number of alkyl halides is 3. The van der Waals surface area contributed by atoms with Gasteiger partial charge >= 0.3 is 12.1 Å². The number of carbonyl (C=O) groups is 1. The molecule has 1 atom stereocenters. The van der Waals surface area contributed by atoms with Crippen LogP contribution in [0.15, 0.2) is 18.2 Å². The smallest absolute Gasteiger partial charge is 0.416 e. The molecular formula is C14H18F3NO2. The fourth-order valence-electron chi connectivity index (χ4n) is 1.78. The highest BCUT2D eigenvalue weighted by Crippen LogP contribution is 2.31. The molecule has 0 aliphatic carbocycles. The Morgan fingerprint density at radius 2 is 2.05 bits per heavy atom. The van der Waals surface area contributed by atoms with Gasteiger partial charge in [-0.1, -0.05) is 20.3 Å². The van der Waals surface area contributed by atoms with Gasteiger partial charge in [-0.25, -0.2) is 4.79 Å². The van der Waals surface area contributed by atoms with Crippen molar-refractivity contribution in [1.82, 2.24) is 0 Å². The van der Waals surface area contributed by atoms with Gasteiger partial charge in [0.05, 0.1) is 17.7 Å². The predicted molar refractivity (Wildman–Crippen MR) is 70.2 cm³/mol. The van der Waals surface area contributed by atoms with Crippen LogP contribution in [0.1, 0.15) is 42.6 Å². The van der Waals surface area contributed by atoms with Crippen LogP contribution in [0, 0.1) is 5.92 Å². The van der Waals surface area contributed by atoms with E-state index in [0.717, 1.165) is 31.0 Å². The number of rotatable bonds is 5. The van der Waals surface area contributed by atoms with Crippen molar-refractivity contribution in [1.29, 1.82) is 0 Å². The van der Waals surface area contributed by atoms with Crippen LogP contribution >= 0.6 is 0 Å². The van der Waals surface area contributed by atoms with Gasteiger partial charge in [0.15, 0.2) is 0 Å². The summed E-state index contributed by atoms with van der Waals surface area (Å²) in [6, 6.07) is 2.63. The Bertz CT molecular complexity index is 472. The molecule has 0 heterocycles. The highest BCUT2D eigenvalue weighted by atomic mass is 19.4. The van der Waals surface area contributed by atoms with Gasteiger partial charge in [0.25, 0.3) is 0 Å². The maximum Gasteiger partial charge on any atom is 0.416 e. The number of esters is 1. The third kappa shape index (κ3) is 4.43. The number of benzene rings is 1. The lowest BCUT2D eigenvalue weighted by molar-refractivity contribution is -0.137. The molecule has 1 rings (SSSR count). The monoisotopic (exact) mass is 289 g/mol. The maximum atomic E-state index is 12.6. The maximum absolute atomic E-state index is 12.6. The fourth-order valence-corrected chi connectivity index (χ4v) is 1.78. The van der Waals surface area contributed by atoms with Gasteiger partial charge in [0.2, 0.25) is 0 Å². The molecule has 0 radical (unpaired) electrons. The molecule has 20 heavy (non-hydrogen) atoms. The summed E-state index contributed by atoms with van der Waals surface area (Å²) in [4.78, 5) is 11.8. The Morgan fingerprint density at radius 3 is 2.60 bits per heavy atom. The van der Waals surface area contributed by atoms with Crippen molar-refractivity contribution in [3.05, 3.63) is 29.3 Å². The molecular weight excluding hydrogens is 271 g/mol. The number of ether oxygens (including phenoxy) is 1. The number of anilines is 1. The molecule has 0 amide bonds. The number of carbonyl (C=O) groups excluding carboxylic acids is 1. The quantitative estimate of drug-likeness (QED) is 0.661. The van der Waals surface area contributed by atoms with E-state index in [1.165, 1.54) is 0 Å². The Hall–Kier alpha value is -1.72. The van der Waals surface area contributed by atoms with Gasteiger partial charge in [-0.2, -0.15) is 13.2 Å². The Labute approximate surface area is 115 Å². The van der Waals surface area contributed by atoms with E-state index >= 15 is 0 Å². The SMILES string of the molecule is CCCC(C)COC(=O)c1cc(C(F)(F)F)ccc1N. The molecule has 0 fully saturated rings. The van der Waals surface area contributed by atoms with Gasteiger partial charge in [-0.05, 0) is 30.5 Å². The summed E-state index contributed by atoms with van der Waals surface area (Å²) in [5.74, 6) is -0.660. The molecule has 0 aliphatic rings. The van der Waals surface area contributed by atoms with Crippen LogP contribution in [0.25, 0.3) is 0 Å². The van der Waals surface area contributed by atoms with E-state index < -0.39 is 17.7 Å². The standard InChI is InChI=1S/C14H18F3NO2/c1-3-4-9(2)8-20-13(19)11-7-10(14(15,16)17)5-6-12(11)18/h5-7,9H,3-4,8,18H2,1-2H3.